The summed E-state index contributed by atoms with van der Waals surface area (Å²) in [5.41, 5.74) is -0.888. The number of hydrogen-bond acceptors (Lipinski definition) is 2. The first-order valence-electron chi connectivity index (χ1n) is 6.09. The minimum atomic E-state index is -0.888. The zero-order chi connectivity index (χ0) is 10.9. The summed E-state index contributed by atoms with van der Waals surface area (Å²) in [6.45, 7) is 0.585. The summed E-state index contributed by atoms with van der Waals surface area (Å²) in [6.07, 6.45) is 10.1. The van der Waals surface area contributed by atoms with Gasteiger partial charge in [-0.25, -0.2) is 0 Å². The lowest BCUT2D eigenvalue weighted by molar-refractivity contribution is -0.151. The van der Waals surface area contributed by atoms with Gasteiger partial charge in [-0.1, -0.05) is 24.3 Å². The highest BCUT2D eigenvalue weighted by Crippen LogP contribution is 2.58. The van der Waals surface area contributed by atoms with Crippen LogP contribution in [-0.2, 0) is 4.79 Å². The summed E-state index contributed by atoms with van der Waals surface area (Å²) in [7, 11) is 0. The Morgan fingerprint density at radius 3 is 3.00 bits per heavy atom. The van der Waals surface area contributed by atoms with Crippen molar-refractivity contribution in [2.24, 2.45) is 23.7 Å². The lowest BCUT2D eigenvalue weighted by Gasteiger charge is -2.40. The fourth-order valence-electron chi connectivity index (χ4n) is 4.27. The minimum absolute atomic E-state index is 0.0555. The third kappa shape index (κ3) is 0.798. The van der Waals surface area contributed by atoms with Gasteiger partial charge in [0.2, 0.25) is 5.91 Å². The molecule has 1 saturated carbocycles. The van der Waals surface area contributed by atoms with E-state index in [0.29, 0.717) is 24.8 Å². The number of rotatable bonds is 0. The second kappa shape index (κ2) is 2.59. The van der Waals surface area contributed by atoms with Crippen LogP contribution in [-0.4, -0.2) is 28.2 Å². The van der Waals surface area contributed by atoms with Crippen LogP contribution in [0.15, 0.2) is 24.3 Å². The molecule has 3 heteroatoms. The van der Waals surface area contributed by atoms with Gasteiger partial charge < -0.3 is 10.0 Å². The van der Waals surface area contributed by atoms with Crippen molar-refractivity contribution in [2.45, 2.75) is 18.6 Å². The Kier molecular flexibility index (Phi) is 1.46. The van der Waals surface area contributed by atoms with E-state index in [1.165, 1.54) is 0 Å². The van der Waals surface area contributed by atoms with Crippen LogP contribution in [0.2, 0.25) is 0 Å². The number of carbonyl (C=O) groups excluding carboxylic acids is 1. The molecule has 1 N–H and O–H groups in total. The molecule has 2 aliphatic heterocycles. The number of carbonyl (C=O) groups is 1. The van der Waals surface area contributed by atoms with Gasteiger partial charge in [0.25, 0.3) is 0 Å². The van der Waals surface area contributed by atoms with Crippen LogP contribution in [0.25, 0.3) is 0 Å². The normalized spacial score (nSPS) is 52.3. The number of amides is 1. The molecule has 4 rings (SSSR count). The maximum absolute atomic E-state index is 12.3. The second-order valence-electron chi connectivity index (χ2n) is 5.50. The number of nitrogens with zero attached hydrogens (tertiary/aromatic N) is 1. The van der Waals surface area contributed by atoms with Crippen molar-refractivity contribution >= 4 is 5.91 Å². The van der Waals surface area contributed by atoms with Crippen LogP contribution < -0.4 is 0 Å². The summed E-state index contributed by atoms with van der Waals surface area (Å²) in [5.74, 6) is 1.17. The maximum Gasteiger partial charge on any atom is 0.229 e. The molecule has 5 atom stereocenters. The summed E-state index contributed by atoms with van der Waals surface area (Å²) < 4.78 is 0. The van der Waals surface area contributed by atoms with E-state index in [1.807, 2.05) is 12.2 Å². The summed E-state index contributed by atoms with van der Waals surface area (Å²) in [4.78, 5) is 14.0. The molecule has 4 aliphatic rings. The van der Waals surface area contributed by atoms with Crippen molar-refractivity contribution in [3.8, 4) is 0 Å². The molecule has 2 aliphatic carbocycles. The molecule has 1 amide bonds. The largest absolute Gasteiger partial charge is 0.370 e. The molecule has 1 saturated heterocycles. The Labute approximate surface area is 94.4 Å². The number of aliphatic hydroxyl groups is 1. The molecular weight excluding hydrogens is 202 g/mol. The van der Waals surface area contributed by atoms with E-state index in [-0.39, 0.29) is 17.7 Å². The third-order valence-electron chi connectivity index (χ3n) is 4.88. The molecule has 0 unspecified atom stereocenters. The van der Waals surface area contributed by atoms with E-state index in [1.54, 1.807) is 4.90 Å². The molecular formula is C13H15NO2. The molecule has 16 heavy (non-hydrogen) atoms. The predicted molar refractivity (Wildman–Crippen MR) is 58.1 cm³/mol. The Balaban J connectivity index is 1.85. The Morgan fingerprint density at radius 2 is 2.12 bits per heavy atom. The van der Waals surface area contributed by atoms with Crippen molar-refractivity contribution < 1.29 is 9.90 Å². The molecule has 84 valence electrons. The Morgan fingerprint density at radius 1 is 1.31 bits per heavy atom. The number of hydrogen-bond donors (Lipinski definition) is 1. The highest BCUT2D eigenvalue weighted by atomic mass is 16.3. The standard InChI is InChI=1S/C13H15NO2/c15-12-10-8-3-4-9(7-8)11(10)13(16)5-1-2-6-14(12)13/h1-4,8-11,16H,5-7H2/t8-,9+,10+,11-,13-/m1/s1. The SMILES string of the molecule is O=C1[C@@H]2[C@@H]([C@H]3C=C[C@@H]2C3)[C@]2(O)CC=CCN12. The van der Waals surface area contributed by atoms with Crippen molar-refractivity contribution in [2.75, 3.05) is 6.54 Å². The van der Waals surface area contributed by atoms with Crippen LogP contribution in [0.3, 0.4) is 0 Å². The summed E-state index contributed by atoms with van der Waals surface area (Å²) >= 11 is 0. The fraction of sp³-hybridized carbons (Fsp3) is 0.615. The fourth-order valence-corrected chi connectivity index (χ4v) is 4.27. The van der Waals surface area contributed by atoms with E-state index >= 15 is 0 Å². The van der Waals surface area contributed by atoms with Gasteiger partial charge >= 0.3 is 0 Å². The van der Waals surface area contributed by atoms with Crippen LogP contribution in [0.5, 0.6) is 0 Å². The Bertz CT molecular complexity index is 428. The van der Waals surface area contributed by atoms with Crippen LogP contribution in [0.1, 0.15) is 12.8 Å². The van der Waals surface area contributed by atoms with E-state index < -0.39 is 5.72 Å². The van der Waals surface area contributed by atoms with Crippen LogP contribution >= 0.6 is 0 Å². The van der Waals surface area contributed by atoms with E-state index in [4.69, 9.17) is 0 Å². The van der Waals surface area contributed by atoms with Gasteiger partial charge in [-0.3, -0.25) is 4.79 Å². The number of allylic oxidation sites excluding steroid dienone is 2. The summed E-state index contributed by atoms with van der Waals surface area (Å²) in [6, 6.07) is 0. The average Bonchev–Trinajstić information content (AvgIpc) is 2.92. The van der Waals surface area contributed by atoms with Gasteiger partial charge in [-0.2, -0.15) is 0 Å². The van der Waals surface area contributed by atoms with E-state index in [9.17, 15) is 9.90 Å². The van der Waals surface area contributed by atoms with Gasteiger partial charge in [-0.15, -0.1) is 0 Å². The van der Waals surface area contributed by atoms with Crippen molar-refractivity contribution in [3.05, 3.63) is 24.3 Å². The first-order chi connectivity index (χ1) is 7.72. The molecule has 0 spiro atoms. The number of fused-ring (bicyclic) bond motifs is 7. The van der Waals surface area contributed by atoms with Crippen molar-refractivity contribution in [1.29, 1.82) is 0 Å². The third-order valence-corrected chi connectivity index (χ3v) is 4.88. The first-order valence-corrected chi connectivity index (χ1v) is 6.09. The second-order valence-corrected chi connectivity index (χ2v) is 5.50. The maximum atomic E-state index is 12.3. The quantitative estimate of drug-likeness (QED) is 0.613. The monoisotopic (exact) mass is 217 g/mol. The molecule has 2 heterocycles. The average molecular weight is 217 g/mol. The molecule has 3 nitrogen and oxygen atoms in total. The molecule has 2 bridgehead atoms. The smallest absolute Gasteiger partial charge is 0.229 e. The molecule has 2 fully saturated rings. The van der Waals surface area contributed by atoms with Crippen LogP contribution in [0, 0.1) is 23.7 Å². The van der Waals surface area contributed by atoms with E-state index in [0.717, 1.165) is 6.42 Å². The zero-order valence-corrected chi connectivity index (χ0v) is 9.04. The van der Waals surface area contributed by atoms with Crippen molar-refractivity contribution in [3.63, 3.8) is 0 Å². The van der Waals surface area contributed by atoms with E-state index in [2.05, 4.69) is 12.2 Å². The van der Waals surface area contributed by atoms with Gasteiger partial charge in [0.1, 0.15) is 5.72 Å². The molecule has 0 aromatic heterocycles. The zero-order valence-electron chi connectivity index (χ0n) is 9.04. The van der Waals surface area contributed by atoms with Gasteiger partial charge in [0.05, 0.1) is 5.92 Å². The Hall–Kier alpha value is -1.09. The predicted octanol–water partition coefficient (Wildman–Crippen LogP) is 0.915. The van der Waals surface area contributed by atoms with Crippen LogP contribution in [0.4, 0.5) is 0 Å². The minimum Gasteiger partial charge on any atom is -0.370 e. The first kappa shape index (κ1) is 8.99. The molecule has 0 aromatic carbocycles. The lowest BCUT2D eigenvalue weighted by atomic mass is 9.78. The van der Waals surface area contributed by atoms with Gasteiger partial charge in [0.15, 0.2) is 0 Å². The van der Waals surface area contributed by atoms with Gasteiger partial charge in [0, 0.05) is 18.9 Å². The lowest BCUT2D eigenvalue weighted by Crippen LogP contribution is -2.51. The van der Waals surface area contributed by atoms with Gasteiger partial charge in [-0.05, 0) is 18.3 Å². The molecule has 0 radical (unpaired) electrons. The summed E-state index contributed by atoms with van der Waals surface area (Å²) in [5, 5.41) is 10.8. The topological polar surface area (TPSA) is 40.5 Å². The highest BCUT2D eigenvalue weighted by Gasteiger charge is 2.65. The molecule has 0 aromatic rings. The van der Waals surface area contributed by atoms with Crippen molar-refractivity contribution in [1.82, 2.24) is 4.90 Å². The highest BCUT2D eigenvalue weighted by molar-refractivity contribution is 5.84.